The number of benzene rings is 1. The molecule has 0 aliphatic rings. The number of ether oxygens (including phenoxy) is 1. The van der Waals surface area contributed by atoms with Gasteiger partial charge in [0.1, 0.15) is 5.75 Å². The third kappa shape index (κ3) is 5.68. The maximum atomic E-state index is 6.32. The highest BCUT2D eigenvalue weighted by atomic mass is 32.2. The van der Waals surface area contributed by atoms with Gasteiger partial charge in [0.05, 0.1) is 15.8 Å². The summed E-state index contributed by atoms with van der Waals surface area (Å²) in [4.78, 5) is 0. The van der Waals surface area contributed by atoms with Crippen LogP contribution in [0, 0.1) is 0 Å². The monoisotopic (exact) mass is 377 g/mol. The Labute approximate surface area is 161 Å². The average Bonchev–Trinajstić information content (AvgIpc) is 2.96. The summed E-state index contributed by atoms with van der Waals surface area (Å²) in [6.07, 6.45) is 10.8. The second-order valence-electron chi connectivity index (χ2n) is 6.31. The van der Waals surface area contributed by atoms with Gasteiger partial charge >= 0.3 is 0 Å². The number of rotatable bonds is 11. The molecule has 1 aromatic carbocycles. The van der Waals surface area contributed by atoms with Gasteiger partial charge in [-0.15, -0.1) is 23.1 Å². The van der Waals surface area contributed by atoms with E-state index < -0.39 is 0 Å². The molecule has 138 valence electrons. The maximum absolute atomic E-state index is 6.32. The molecule has 0 amide bonds. The van der Waals surface area contributed by atoms with Crippen LogP contribution in [-0.2, 0) is 6.42 Å². The lowest BCUT2D eigenvalue weighted by atomic mass is 10.0. The van der Waals surface area contributed by atoms with Crippen molar-refractivity contribution in [3.8, 4) is 16.9 Å². The van der Waals surface area contributed by atoms with Crippen molar-refractivity contribution in [1.82, 2.24) is 0 Å². The molecule has 0 bridgehead atoms. The number of nitrogens with two attached hydrogens (primary N) is 1. The molecule has 1 aromatic heterocycles. The summed E-state index contributed by atoms with van der Waals surface area (Å²) in [7, 11) is 0. The highest BCUT2D eigenvalue weighted by Gasteiger charge is 2.16. The molecule has 25 heavy (non-hydrogen) atoms. The zero-order valence-corrected chi connectivity index (χ0v) is 17.4. The second-order valence-corrected chi connectivity index (χ2v) is 8.44. The van der Waals surface area contributed by atoms with Gasteiger partial charge in [-0.05, 0) is 42.4 Å². The van der Waals surface area contributed by atoms with Gasteiger partial charge in [0.25, 0.3) is 0 Å². The largest absolute Gasteiger partial charge is 0.494 e. The quantitative estimate of drug-likeness (QED) is 0.337. The summed E-state index contributed by atoms with van der Waals surface area (Å²) in [6.45, 7) is 5.25. The zero-order chi connectivity index (χ0) is 18.1. The number of thioether (sulfide) groups is 1. The minimum absolute atomic E-state index is 0.797. The Morgan fingerprint density at radius 2 is 1.84 bits per heavy atom. The van der Waals surface area contributed by atoms with E-state index in [1.807, 2.05) is 6.07 Å². The number of hydrogen-bond donors (Lipinski definition) is 1. The predicted molar refractivity (Wildman–Crippen MR) is 114 cm³/mol. The molecule has 0 atom stereocenters. The highest BCUT2D eigenvalue weighted by molar-refractivity contribution is 8.00. The Balaban J connectivity index is 1.99. The molecule has 0 unspecified atom stereocenters. The van der Waals surface area contributed by atoms with Crippen LogP contribution < -0.4 is 10.5 Å². The van der Waals surface area contributed by atoms with Gasteiger partial charge in [-0.1, -0.05) is 58.1 Å². The topological polar surface area (TPSA) is 35.2 Å². The number of thiophene rings is 1. The molecule has 2 nitrogen and oxygen atoms in total. The Morgan fingerprint density at radius 1 is 1.08 bits per heavy atom. The first-order valence-electron chi connectivity index (χ1n) is 9.39. The van der Waals surface area contributed by atoms with E-state index in [4.69, 9.17) is 10.5 Å². The molecular weight excluding hydrogens is 346 g/mol. The Kier molecular flexibility index (Phi) is 8.70. The van der Waals surface area contributed by atoms with Crippen molar-refractivity contribution in [2.75, 3.05) is 18.6 Å². The normalized spacial score (nSPS) is 11.0. The first kappa shape index (κ1) is 20.2. The molecule has 0 saturated carbocycles. The van der Waals surface area contributed by atoms with Crippen molar-refractivity contribution in [2.24, 2.45) is 0 Å². The van der Waals surface area contributed by atoms with E-state index in [0.29, 0.717) is 0 Å². The van der Waals surface area contributed by atoms with Crippen LogP contribution >= 0.6 is 23.1 Å². The Morgan fingerprint density at radius 3 is 2.56 bits per heavy atom. The minimum Gasteiger partial charge on any atom is -0.494 e. The fourth-order valence-electron chi connectivity index (χ4n) is 3.08. The predicted octanol–water partition coefficient (Wildman–Crippen LogP) is 7.02. The van der Waals surface area contributed by atoms with Gasteiger partial charge in [0, 0.05) is 5.56 Å². The van der Waals surface area contributed by atoms with Gasteiger partial charge < -0.3 is 10.5 Å². The first-order valence-corrected chi connectivity index (χ1v) is 11.4. The third-order valence-corrected chi connectivity index (χ3v) is 6.65. The van der Waals surface area contributed by atoms with Crippen LogP contribution in [0.25, 0.3) is 11.1 Å². The smallest absolute Gasteiger partial charge is 0.119 e. The molecule has 0 aliphatic carbocycles. The number of anilines is 1. The third-order valence-electron chi connectivity index (χ3n) is 4.43. The van der Waals surface area contributed by atoms with Crippen molar-refractivity contribution in [1.29, 1.82) is 0 Å². The van der Waals surface area contributed by atoms with E-state index in [1.54, 1.807) is 23.1 Å². The lowest BCUT2D eigenvalue weighted by Gasteiger charge is -2.10. The number of unbranched alkanes of at least 4 members (excludes halogenated alkanes) is 5. The molecule has 0 radical (unpaired) electrons. The zero-order valence-electron chi connectivity index (χ0n) is 15.8. The molecule has 2 N–H and O–H groups in total. The summed E-state index contributed by atoms with van der Waals surface area (Å²) in [5.74, 6) is 0.949. The van der Waals surface area contributed by atoms with E-state index in [0.717, 1.165) is 30.2 Å². The van der Waals surface area contributed by atoms with Gasteiger partial charge in [0.15, 0.2) is 0 Å². The lowest BCUT2D eigenvalue weighted by molar-refractivity contribution is 0.304. The molecule has 2 aromatic rings. The van der Waals surface area contributed by atoms with Crippen LogP contribution in [0.2, 0.25) is 0 Å². The maximum Gasteiger partial charge on any atom is 0.119 e. The summed E-state index contributed by atoms with van der Waals surface area (Å²) < 4.78 is 7.31. The van der Waals surface area contributed by atoms with Gasteiger partial charge in [0.2, 0.25) is 0 Å². The first-order chi connectivity index (χ1) is 12.2. The van der Waals surface area contributed by atoms with E-state index in [9.17, 15) is 0 Å². The van der Waals surface area contributed by atoms with Crippen molar-refractivity contribution >= 4 is 28.1 Å². The summed E-state index contributed by atoms with van der Waals surface area (Å²) in [5, 5.41) is 0.911. The fraction of sp³-hybridized carbons (Fsp3) is 0.524. The average molecular weight is 378 g/mol. The summed E-state index contributed by atoms with van der Waals surface area (Å²) >= 11 is 3.48. The van der Waals surface area contributed by atoms with Crippen LogP contribution in [0.5, 0.6) is 5.75 Å². The van der Waals surface area contributed by atoms with Gasteiger partial charge in [-0.25, -0.2) is 0 Å². The number of hydrogen-bond acceptors (Lipinski definition) is 4. The van der Waals surface area contributed by atoms with E-state index in [-0.39, 0.29) is 0 Å². The van der Waals surface area contributed by atoms with Crippen LogP contribution in [0.3, 0.4) is 0 Å². The van der Waals surface area contributed by atoms with E-state index in [1.165, 1.54) is 53.0 Å². The molecule has 1 heterocycles. The molecular formula is C21H31NOS2. The molecule has 2 rings (SSSR count). The van der Waals surface area contributed by atoms with Crippen LogP contribution in [0.4, 0.5) is 5.00 Å². The summed E-state index contributed by atoms with van der Waals surface area (Å²) in [5.41, 5.74) is 10.1. The molecule has 0 aliphatic heterocycles. The molecule has 0 saturated heterocycles. The van der Waals surface area contributed by atoms with Crippen LogP contribution in [-0.4, -0.2) is 12.9 Å². The lowest BCUT2D eigenvalue weighted by Crippen LogP contribution is -1.98. The Bertz CT molecular complexity index is 651. The van der Waals surface area contributed by atoms with Gasteiger partial charge in [-0.3, -0.25) is 0 Å². The Hall–Kier alpha value is -1.13. The van der Waals surface area contributed by atoms with E-state index >= 15 is 0 Å². The number of nitrogen functional groups attached to an aromatic ring is 1. The summed E-state index contributed by atoms with van der Waals surface area (Å²) in [6, 6.07) is 8.39. The second kappa shape index (κ2) is 10.8. The minimum atomic E-state index is 0.797. The van der Waals surface area contributed by atoms with E-state index in [2.05, 4.69) is 38.3 Å². The van der Waals surface area contributed by atoms with Crippen LogP contribution in [0.15, 0.2) is 28.5 Å². The molecule has 0 fully saturated rings. The highest BCUT2D eigenvalue weighted by Crippen LogP contribution is 2.43. The van der Waals surface area contributed by atoms with Crippen molar-refractivity contribution in [3.05, 3.63) is 29.8 Å². The van der Waals surface area contributed by atoms with Crippen LogP contribution in [0.1, 0.15) is 57.9 Å². The SMILES string of the molecule is CCCCCCCCOc1cccc(-c2c(N)sc(SC)c2CC)c1. The standard InChI is InChI=1S/C21H31NOS2/c1-4-6-7-8-9-10-14-23-17-13-11-12-16(15-17)19-18(5-2)21(24-3)25-20(19)22/h11-13,15H,4-10,14,22H2,1-3H3. The van der Waals surface area contributed by atoms with Crippen molar-refractivity contribution in [2.45, 2.75) is 63.0 Å². The van der Waals surface area contributed by atoms with Crippen molar-refractivity contribution in [3.63, 3.8) is 0 Å². The molecule has 0 spiro atoms. The molecule has 4 heteroatoms. The fourth-order valence-corrected chi connectivity index (χ4v) is 5.09. The van der Waals surface area contributed by atoms with Crippen molar-refractivity contribution < 1.29 is 4.74 Å². The van der Waals surface area contributed by atoms with Gasteiger partial charge in [-0.2, -0.15) is 0 Å².